The van der Waals surface area contributed by atoms with Crippen molar-refractivity contribution in [1.82, 2.24) is 0 Å². The smallest absolute Gasteiger partial charge is 0.291 e. The molecule has 1 heterocycles. The van der Waals surface area contributed by atoms with Crippen LogP contribution in [0.25, 0.3) is 0 Å². The maximum Gasteiger partial charge on any atom is 0.291 e. The molecule has 0 atom stereocenters. The second kappa shape index (κ2) is 6.29. The minimum Gasteiger partial charge on any atom is -0.459 e. The van der Waals surface area contributed by atoms with E-state index in [1.807, 2.05) is 0 Å². The fourth-order valence-electron chi connectivity index (χ4n) is 1.65. The number of hydrogen-bond donors (Lipinski definition) is 2. The van der Waals surface area contributed by atoms with Gasteiger partial charge in [-0.15, -0.1) is 0 Å². The topological polar surface area (TPSA) is 62.5 Å². The lowest BCUT2D eigenvalue weighted by Gasteiger charge is -2.07. The molecule has 4 nitrogen and oxygen atoms in total. The van der Waals surface area contributed by atoms with Crippen molar-refractivity contribution < 1.29 is 14.3 Å². The van der Waals surface area contributed by atoms with Crippen molar-refractivity contribution in [2.75, 3.05) is 11.9 Å². The van der Waals surface area contributed by atoms with Crippen LogP contribution in [0.3, 0.4) is 0 Å². The summed E-state index contributed by atoms with van der Waals surface area (Å²) in [5, 5.41) is 12.0. The molecule has 1 aromatic carbocycles. The number of anilines is 1. The Morgan fingerprint density at radius 3 is 2.90 bits per heavy atom. The number of halogens is 1. The molecule has 0 spiro atoms. The summed E-state index contributed by atoms with van der Waals surface area (Å²) >= 11 is 5.90. The zero-order valence-electron chi connectivity index (χ0n) is 10.7. The number of carbonyl (C=O) groups excluding carboxylic acids is 1. The van der Waals surface area contributed by atoms with Gasteiger partial charge in [0.15, 0.2) is 5.76 Å². The van der Waals surface area contributed by atoms with E-state index in [-0.39, 0.29) is 18.3 Å². The standard InChI is InChI=1S/C15H12ClNO3/c1-10-6-8-20-14(10)15(19)17-13-5-4-12(16)9-11(13)3-2-7-18/h4-6,8-9,18H,7H2,1H3,(H,17,19). The second-order valence-corrected chi connectivity index (χ2v) is 4.47. The van der Waals surface area contributed by atoms with Crippen molar-refractivity contribution in [1.29, 1.82) is 0 Å². The number of aryl methyl sites for hydroxylation is 1. The maximum atomic E-state index is 12.1. The van der Waals surface area contributed by atoms with Gasteiger partial charge in [-0.3, -0.25) is 4.79 Å². The largest absolute Gasteiger partial charge is 0.459 e. The van der Waals surface area contributed by atoms with E-state index in [9.17, 15) is 4.79 Å². The molecule has 2 N–H and O–H groups in total. The minimum absolute atomic E-state index is 0.251. The molecule has 0 bridgehead atoms. The SMILES string of the molecule is Cc1ccoc1C(=O)Nc1ccc(Cl)cc1C#CCO. The summed E-state index contributed by atoms with van der Waals surface area (Å²) in [5.41, 5.74) is 1.79. The van der Waals surface area contributed by atoms with Crippen LogP contribution in [-0.2, 0) is 0 Å². The molecule has 0 aliphatic heterocycles. The third-order valence-electron chi connectivity index (χ3n) is 2.60. The number of furan rings is 1. The lowest BCUT2D eigenvalue weighted by Crippen LogP contribution is -2.13. The van der Waals surface area contributed by atoms with Crippen molar-refractivity contribution in [3.63, 3.8) is 0 Å². The quantitative estimate of drug-likeness (QED) is 0.836. The average Bonchev–Trinajstić information content (AvgIpc) is 2.85. The summed E-state index contributed by atoms with van der Waals surface area (Å²) < 4.78 is 5.13. The van der Waals surface area contributed by atoms with Crippen molar-refractivity contribution in [2.45, 2.75) is 6.92 Å². The molecule has 0 saturated heterocycles. The highest BCUT2D eigenvalue weighted by Crippen LogP contribution is 2.21. The van der Waals surface area contributed by atoms with E-state index in [1.54, 1.807) is 31.2 Å². The summed E-state index contributed by atoms with van der Waals surface area (Å²) in [5.74, 6) is 5.15. The van der Waals surface area contributed by atoms with E-state index in [4.69, 9.17) is 21.1 Å². The molecule has 5 heteroatoms. The maximum absolute atomic E-state index is 12.1. The lowest BCUT2D eigenvalue weighted by atomic mass is 10.1. The predicted molar refractivity (Wildman–Crippen MR) is 76.8 cm³/mol. The monoisotopic (exact) mass is 289 g/mol. The number of nitrogens with one attached hydrogen (secondary N) is 1. The molecule has 0 aliphatic rings. The second-order valence-electron chi connectivity index (χ2n) is 4.04. The third kappa shape index (κ3) is 3.21. The number of aliphatic hydroxyl groups is 1. The van der Waals surface area contributed by atoms with Crippen LogP contribution >= 0.6 is 11.6 Å². The van der Waals surface area contributed by atoms with Crippen LogP contribution in [0.2, 0.25) is 5.02 Å². The van der Waals surface area contributed by atoms with Crippen LogP contribution in [0.15, 0.2) is 34.9 Å². The average molecular weight is 290 g/mol. The van der Waals surface area contributed by atoms with Crippen molar-refractivity contribution in [3.05, 3.63) is 52.4 Å². The predicted octanol–water partition coefficient (Wildman–Crippen LogP) is 2.84. The number of amides is 1. The van der Waals surface area contributed by atoms with Crippen LogP contribution in [0.1, 0.15) is 21.7 Å². The Labute approximate surface area is 121 Å². The van der Waals surface area contributed by atoms with Gasteiger partial charge in [0.25, 0.3) is 5.91 Å². The van der Waals surface area contributed by atoms with E-state index >= 15 is 0 Å². The first-order valence-corrected chi connectivity index (χ1v) is 6.24. The lowest BCUT2D eigenvalue weighted by molar-refractivity contribution is 0.0996. The Morgan fingerprint density at radius 2 is 2.25 bits per heavy atom. The summed E-state index contributed by atoms with van der Waals surface area (Å²) in [7, 11) is 0. The molecule has 102 valence electrons. The van der Waals surface area contributed by atoms with E-state index in [0.29, 0.717) is 16.3 Å². The molecular weight excluding hydrogens is 278 g/mol. The Bertz CT molecular complexity index is 695. The molecule has 1 aromatic heterocycles. The summed E-state index contributed by atoms with van der Waals surface area (Å²) in [6.07, 6.45) is 1.46. The number of carbonyl (C=O) groups is 1. The molecule has 20 heavy (non-hydrogen) atoms. The fraction of sp³-hybridized carbons (Fsp3) is 0.133. The van der Waals surface area contributed by atoms with Crippen molar-refractivity contribution in [3.8, 4) is 11.8 Å². The van der Waals surface area contributed by atoms with E-state index in [1.165, 1.54) is 6.26 Å². The van der Waals surface area contributed by atoms with Gasteiger partial charge in [-0.05, 0) is 31.2 Å². The zero-order valence-corrected chi connectivity index (χ0v) is 11.5. The summed E-state index contributed by atoms with van der Waals surface area (Å²) in [6, 6.07) is 6.63. The first kappa shape index (κ1) is 14.2. The van der Waals surface area contributed by atoms with Gasteiger partial charge in [-0.25, -0.2) is 0 Å². The zero-order chi connectivity index (χ0) is 14.5. The van der Waals surface area contributed by atoms with Crippen LogP contribution in [0.4, 0.5) is 5.69 Å². The number of benzene rings is 1. The van der Waals surface area contributed by atoms with Crippen LogP contribution in [-0.4, -0.2) is 17.6 Å². The van der Waals surface area contributed by atoms with Gasteiger partial charge in [-0.2, -0.15) is 0 Å². The molecular formula is C15H12ClNO3. The van der Waals surface area contributed by atoms with Crippen molar-refractivity contribution >= 4 is 23.2 Å². The Hall–Kier alpha value is -2.22. The van der Waals surface area contributed by atoms with Gasteiger partial charge < -0.3 is 14.8 Å². The highest BCUT2D eigenvalue weighted by molar-refractivity contribution is 6.30. The highest BCUT2D eigenvalue weighted by Gasteiger charge is 2.14. The Morgan fingerprint density at radius 1 is 1.45 bits per heavy atom. The van der Waals surface area contributed by atoms with Gasteiger partial charge in [0.2, 0.25) is 0 Å². The molecule has 0 unspecified atom stereocenters. The molecule has 0 radical (unpaired) electrons. The van der Waals surface area contributed by atoms with Gasteiger partial charge in [-0.1, -0.05) is 23.4 Å². The van der Waals surface area contributed by atoms with Gasteiger partial charge in [0.1, 0.15) is 6.61 Å². The molecule has 0 fully saturated rings. The molecule has 2 aromatic rings. The third-order valence-corrected chi connectivity index (χ3v) is 2.84. The van der Waals surface area contributed by atoms with E-state index in [0.717, 1.165) is 5.56 Å². The normalized spacial score (nSPS) is 9.75. The summed E-state index contributed by atoms with van der Waals surface area (Å²) in [4.78, 5) is 12.1. The Balaban J connectivity index is 2.29. The van der Waals surface area contributed by atoms with Gasteiger partial charge in [0, 0.05) is 16.1 Å². The molecule has 1 amide bonds. The first-order valence-electron chi connectivity index (χ1n) is 5.86. The molecule has 0 saturated carbocycles. The molecule has 2 rings (SSSR count). The van der Waals surface area contributed by atoms with Crippen LogP contribution < -0.4 is 5.32 Å². The van der Waals surface area contributed by atoms with Gasteiger partial charge in [0.05, 0.1) is 12.0 Å². The first-order chi connectivity index (χ1) is 9.61. The minimum atomic E-state index is -0.359. The fourth-order valence-corrected chi connectivity index (χ4v) is 1.82. The number of rotatable bonds is 2. The van der Waals surface area contributed by atoms with Gasteiger partial charge >= 0.3 is 0 Å². The summed E-state index contributed by atoms with van der Waals surface area (Å²) in [6.45, 7) is 1.52. The number of hydrogen-bond acceptors (Lipinski definition) is 3. The van der Waals surface area contributed by atoms with Crippen LogP contribution in [0, 0.1) is 18.8 Å². The Kier molecular flexibility index (Phi) is 4.46. The van der Waals surface area contributed by atoms with Crippen LogP contribution in [0.5, 0.6) is 0 Å². The highest BCUT2D eigenvalue weighted by atomic mass is 35.5. The van der Waals surface area contributed by atoms with Crippen molar-refractivity contribution in [2.24, 2.45) is 0 Å². The van der Waals surface area contributed by atoms with E-state index < -0.39 is 0 Å². The number of aliphatic hydroxyl groups excluding tert-OH is 1. The van der Waals surface area contributed by atoms with E-state index in [2.05, 4.69) is 17.2 Å². The molecule has 0 aliphatic carbocycles.